The van der Waals surface area contributed by atoms with Crippen molar-refractivity contribution in [3.8, 4) is 5.75 Å². The molecular weight excluding hydrogens is 296 g/mol. The lowest BCUT2D eigenvalue weighted by atomic mass is 10.3. The van der Waals surface area contributed by atoms with Crippen LogP contribution in [-0.4, -0.2) is 18.5 Å². The molecule has 0 atom stereocenters. The van der Waals surface area contributed by atoms with E-state index in [2.05, 4.69) is 9.71 Å². The third kappa shape index (κ3) is 2.58. The molecule has 0 saturated heterocycles. The minimum absolute atomic E-state index is 0.0357. The predicted molar refractivity (Wildman–Crippen MR) is 70.8 cm³/mol. The van der Waals surface area contributed by atoms with Gasteiger partial charge in [0.2, 0.25) is 0 Å². The Morgan fingerprint density at radius 2 is 2.17 bits per heavy atom. The number of hydrogen-bond acceptors (Lipinski definition) is 5. The van der Waals surface area contributed by atoms with E-state index in [9.17, 15) is 13.5 Å². The molecule has 1 heterocycles. The highest BCUT2D eigenvalue weighted by molar-refractivity contribution is 7.94. The van der Waals surface area contributed by atoms with Crippen LogP contribution >= 0.6 is 22.9 Å². The van der Waals surface area contributed by atoms with E-state index in [0.29, 0.717) is 5.01 Å². The Hall–Kier alpha value is -1.31. The van der Waals surface area contributed by atoms with Crippen LogP contribution in [0.4, 0.5) is 5.69 Å². The van der Waals surface area contributed by atoms with Crippen molar-refractivity contribution in [1.82, 2.24) is 4.98 Å². The minimum Gasteiger partial charge on any atom is -0.504 e. The van der Waals surface area contributed by atoms with E-state index >= 15 is 0 Å². The highest BCUT2D eigenvalue weighted by atomic mass is 35.5. The van der Waals surface area contributed by atoms with Gasteiger partial charge in [0.05, 0.1) is 21.9 Å². The SMILES string of the molecule is Cc1ncc(S(=O)(=O)Nc2cccc(Cl)c2O)s1. The lowest BCUT2D eigenvalue weighted by Crippen LogP contribution is -2.11. The fourth-order valence-electron chi connectivity index (χ4n) is 1.26. The Morgan fingerprint density at radius 1 is 1.44 bits per heavy atom. The quantitative estimate of drug-likeness (QED) is 0.854. The molecule has 0 unspecified atom stereocenters. The summed E-state index contributed by atoms with van der Waals surface area (Å²) in [6.45, 7) is 1.71. The molecule has 2 rings (SSSR count). The van der Waals surface area contributed by atoms with Gasteiger partial charge in [-0.15, -0.1) is 11.3 Å². The van der Waals surface area contributed by atoms with Crippen molar-refractivity contribution in [3.05, 3.63) is 34.4 Å². The van der Waals surface area contributed by atoms with Gasteiger partial charge in [0, 0.05) is 0 Å². The molecule has 2 N–H and O–H groups in total. The van der Waals surface area contributed by atoms with Gasteiger partial charge >= 0.3 is 0 Å². The summed E-state index contributed by atoms with van der Waals surface area (Å²) in [6, 6.07) is 4.43. The van der Waals surface area contributed by atoms with Gasteiger partial charge in [-0.2, -0.15) is 0 Å². The highest BCUT2D eigenvalue weighted by Crippen LogP contribution is 2.33. The molecule has 0 amide bonds. The molecule has 0 spiro atoms. The Morgan fingerprint density at radius 3 is 2.78 bits per heavy atom. The van der Waals surface area contributed by atoms with Gasteiger partial charge < -0.3 is 5.11 Å². The van der Waals surface area contributed by atoms with E-state index in [0.717, 1.165) is 11.3 Å². The molecule has 5 nitrogen and oxygen atoms in total. The normalized spacial score (nSPS) is 11.4. The first kappa shape index (κ1) is 13.1. The number of para-hydroxylation sites is 1. The number of phenolic OH excluding ortho intramolecular Hbond substituents is 1. The van der Waals surface area contributed by atoms with Crippen molar-refractivity contribution in [2.45, 2.75) is 11.1 Å². The number of hydrogen-bond donors (Lipinski definition) is 2. The highest BCUT2D eigenvalue weighted by Gasteiger charge is 2.19. The number of aryl methyl sites for hydroxylation is 1. The van der Waals surface area contributed by atoms with E-state index < -0.39 is 10.0 Å². The summed E-state index contributed by atoms with van der Waals surface area (Å²) in [7, 11) is -3.74. The van der Waals surface area contributed by atoms with Crippen molar-refractivity contribution in [3.63, 3.8) is 0 Å². The van der Waals surface area contributed by atoms with E-state index in [1.54, 1.807) is 6.92 Å². The second-order valence-electron chi connectivity index (χ2n) is 3.44. The first-order valence-electron chi connectivity index (χ1n) is 4.83. The standard InChI is InChI=1S/C10H9ClN2O3S2/c1-6-12-5-9(17-6)18(15,16)13-8-4-2-3-7(11)10(8)14/h2-5,13-14H,1H3. The third-order valence-electron chi connectivity index (χ3n) is 2.10. The van der Waals surface area contributed by atoms with E-state index in [-0.39, 0.29) is 20.7 Å². The molecule has 8 heteroatoms. The summed E-state index contributed by atoms with van der Waals surface area (Å²) >= 11 is 6.75. The zero-order valence-corrected chi connectivity index (χ0v) is 11.6. The molecule has 0 aliphatic heterocycles. The van der Waals surface area contributed by atoms with Crippen molar-refractivity contribution < 1.29 is 13.5 Å². The van der Waals surface area contributed by atoms with Crippen LogP contribution in [-0.2, 0) is 10.0 Å². The van der Waals surface area contributed by atoms with Crippen LogP contribution in [0, 0.1) is 6.92 Å². The van der Waals surface area contributed by atoms with Gasteiger partial charge in [0.25, 0.3) is 10.0 Å². The number of halogens is 1. The maximum absolute atomic E-state index is 12.0. The maximum Gasteiger partial charge on any atom is 0.273 e. The average molecular weight is 305 g/mol. The number of aromatic hydroxyl groups is 1. The first-order chi connectivity index (χ1) is 8.40. The van der Waals surface area contributed by atoms with Crippen molar-refractivity contribution >= 4 is 38.6 Å². The van der Waals surface area contributed by atoms with E-state index in [1.165, 1.54) is 24.4 Å². The monoisotopic (exact) mass is 304 g/mol. The van der Waals surface area contributed by atoms with Crippen LogP contribution < -0.4 is 4.72 Å². The summed E-state index contributed by atoms with van der Waals surface area (Å²) in [5.41, 5.74) is 0.0357. The van der Waals surface area contributed by atoms with Crippen molar-refractivity contribution in [2.75, 3.05) is 4.72 Å². The molecule has 96 valence electrons. The lowest BCUT2D eigenvalue weighted by molar-refractivity contribution is 0.478. The van der Waals surface area contributed by atoms with Crippen LogP contribution in [0.5, 0.6) is 5.75 Å². The van der Waals surface area contributed by atoms with Crippen LogP contribution in [0.2, 0.25) is 5.02 Å². The molecule has 1 aromatic carbocycles. The largest absolute Gasteiger partial charge is 0.504 e. The van der Waals surface area contributed by atoms with Gasteiger partial charge in [0.1, 0.15) is 0 Å². The number of thiazole rings is 1. The van der Waals surface area contributed by atoms with E-state index in [1.807, 2.05) is 0 Å². The molecule has 0 radical (unpaired) electrons. The number of nitrogens with one attached hydrogen (secondary N) is 1. The number of phenols is 1. The number of benzene rings is 1. The Kier molecular flexibility index (Phi) is 3.47. The number of anilines is 1. The molecular formula is C10H9ClN2O3S2. The fraction of sp³-hybridized carbons (Fsp3) is 0.100. The van der Waals surface area contributed by atoms with Crippen LogP contribution in [0.15, 0.2) is 28.6 Å². The molecule has 0 fully saturated rings. The Labute approximate surface area is 113 Å². The zero-order chi connectivity index (χ0) is 13.3. The number of nitrogens with zero attached hydrogens (tertiary/aromatic N) is 1. The van der Waals surface area contributed by atoms with Crippen molar-refractivity contribution in [2.24, 2.45) is 0 Å². The molecule has 0 saturated carbocycles. The number of sulfonamides is 1. The maximum atomic E-state index is 12.0. The molecule has 18 heavy (non-hydrogen) atoms. The van der Waals surface area contributed by atoms with Gasteiger partial charge in [-0.05, 0) is 19.1 Å². The topological polar surface area (TPSA) is 79.3 Å². The average Bonchev–Trinajstić information content (AvgIpc) is 2.72. The molecule has 0 aliphatic rings. The Bertz CT molecular complexity index is 682. The molecule has 0 aliphatic carbocycles. The third-order valence-corrected chi connectivity index (χ3v) is 5.14. The number of rotatable bonds is 3. The zero-order valence-electron chi connectivity index (χ0n) is 9.21. The molecule has 1 aromatic heterocycles. The summed E-state index contributed by atoms with van der Waals surface area (Å²) in [5.74, 6) is -0.302. The number of aromatic nitrogens is 1. The van der Waals surface area contributed by atoms with Gasteiger partial charge in [-0.1, -0.05) is 17.7 Å². The molecule has 0 bridgehead atoms. The van der Waals surface area contributed by atoms with E-state index in [4.69, 9.17) is 11.6 Å². The summed E-state index contributed by atoms with van der Waals surface area (Å²) in [6.07, 6.45) is 1.27. The van der Waals surface area contributed by atoms with Crippen molar-refractivity contribution in [1.29, 1.82) is 0 Å². The summed E-state index contributed by atoms with van der Waals surface area (Å²) in [4.78, 5) is 3.88. The second-order valence-corrected chi connectivity index (χ2v) is 6.99. The Balaban J connectivity index is 2.37. The second kappa shape index (κ2) is 4.75. The van der Waals surface area contributed by atoms with Gasteiger partial charge in [-0.3, -0.25) is 4.72 Å². The first-order valence-corrected chi connectivity index (χ1v) is 7.50. The van der Waals surface area contributed by atoms with Gasteiger partial charge in [-0.25, -0.2) is 13.4 Å². The molecule has 2 aromatic rings. The van der Waals surface area contributed by atoms with Crippen LogP contribution in [0.25, 0.3) is 0 Å². The summed E-state index contributed by atoms with van der Waals surface area (Å²) in [5, 5.41) is 10.4. The minimum atomic E-state index is -3.74. The van der Waals surface area contributed by atoms with Crippen LogP contribution in [0.1, 0.15) is 5.01 Å². The lowest BCUT2D eigenvalue weighted by Gasteiger charge is -2.08. The smallest absolute Gasteiger partial charge is 0.273 e. The van der Waals surface area contributed by atoms with Crippen LogP contribution in [0.3, 0.4) is 0 Å². The fourth-order valence-corrected chi connectivity index (χ4v) is 3.61. The predicted octanol–water partition coefficient (Wildman–Crippen LogP) is 2.61. The summed E-state index contributed by atoms with van der Waals surface area (Å²) < 4.78 is 26.3. The van der Waals surface area contributed by atoms with Gasteiger partial charge in [0.15, 0.2) is 9.96 Å².